The number of fused-ring (bicyclic) bond motifs is 1. The highest BCUT2D eigenvalue weighted by molar-refractivity contribution is 4.98. The van der Waals surface area contributed by atoms with Gasteiger partial charge in [-0.15, -0.1) is 10.2 Å². The number of aromatic nitrogens is 3. The standard InChI is InChI=1S/C18H32N4/c1-14-9-10-16(13-15(14)2)19-11-6-8-18-21-20-17-7-4-3-5-12-22(17)18/h14-16,19H,3-13H2,1-2H3/t14-,15-,16-/m1/s1. The molecule has 0 radical (unpaired) electrons. The minimum atomic E-state index is 0.738. The van der Waals surface area contributed by atoms with Crippen LogP contribution in [-0.4, -0.2) is 27.4 Å². The second-order valence-corrected chi connectivity index (χ2v) is 7.52. The van der Waals surface area contributed by atoms with Gasteiger partial charge in [-0.3, -0.25) is 0 Å². The van der Waals surface area contributed by atoms with Crippen molar-refractivity contribution in [2.75, 3.05) is 6.54 Å². The lowest BCUT2D eigenvalue weighted by atomic mass is 9.79. The summed E-state index contributed by atoms with van der Waals surface area (Å²) in [6.45, 7) is 7.05. The maximum Gasteiger partial charge on any atom is 0.133 e. The van der Waals surface area contributed by atoms with Gasteiger partial charge < -0.3 is 9.88 Å². The van der Waals surface area contributed by atoms with Crippen LogP contribution in [0.2, 0.25) is 0 Å². The molecule has 4 heteroatoms. The van der Waals surface area contributed by atoms with Gasteiger partial charge in [0.15, 0.2) is 0 Å². The van der Waals surface area contributed by atoms with E-state index in [2.05, 4.69) is 33.9 Å². The summed E-state index contributed by atoms with van der Waals surface area (Å²) < 4.78 is 2.39. The van der Waals surface area contributed by atoms with Crippen molar-refractivity contribution in [3.8, 4) is 0 Å². The van der Waals surface area contributed by atoms with Crippen molar-refractivity contribution >= 4 is 0 Å². The Bertz CT molecular complexity index is 468. The molecule has 1 aromatic rings. The predicted octanol–water partition coefficient (Wildman–Crippen LogP) is 3.35. The van der Waals surface area contributed by atoms with Crippen molar-refractivity contribution in [3.63, 3.8) is 0 Å². The molecule has 0 aromatic carbocycles. The van der Waals surface area contributed by atoms with Gasteiger partial charge in [0.2, 0.25) is 0 Å². The number of aryl methyl sites for hydroxylation is 2. The van der Waals surface area contributed by atoms with Crippen molar-refractivity contribution in [2.24, 2.45) is 11.8 Å². The summed E-state index contributed by atoms with van der Waals surface area (Å²) in [7, 11) is 0. The lowest BCUT2D eigenvalue weighted by Crippen LogP contribution is -2.36. The average molecular weight is 304 g/mol. The first-order valence-electron chi connectivity index (χ1n) is 9.38. The molecule has 1 aliphatic carbocycles. The van der Waals surface area contributed by atoms with Gasteiger partial charge >= 0.3 is 0 Å². The summed E-state index contributed by atoms with van der Waals surface area (Å²) in [6.07, 6.45) is 11.3. The van der Waals surface area contributed by atoms with E-state index in [1.54, 1.807) is 0 Å². The Morgan fingerprint density at radius 1 is 1.09 bits per heavy atom. The Hall–Kier alpha value is -0.900. The predicted molar refractivity (Wildman–Crippen MR) is 89.9 cm³/mol. The Morgan fingerprint density at radius 3 is 2.86 bits per heavy atom. The second-order valence-electron chi connectivity index (χ2n) is 7.52. The van der Waals surface area contributed by atoms with Crippen LogP contribution >= 0.6 is 0 Å². The van der Waals surface area contributed by atoms with E-state index in [4.69, 9.17) is 0 Å². The molecular weight excluding hydrogens is 272 g/mol. The van der Waals surface area contributed by atoms with E-state index in [9.17, 15) is 0 Å². The number of nitrogens with zero attached hydrogens (tertiary/aromatic N) is 3. The molecule has 3 atom stereocenters. The molecule has 1 aliphatic heterocycles. The zero-order valence-corrected chi connectivity index (χ0v) is 14.4. The first-order chi connectivity index (χ1) is 10.7. The van der Waals surface area contributed by atoms with Gasteiger partial charge in [-0.1, -0.05) is 20.3 Å². The molecule has 1 aromatic heterocycles. The molecular formula is C18H32N4. The Balaban J connectivity index is 1.41. The third-order valence-corrected chi connectivity index (χ3v) is 5.79. The van der Waals surface area contributed by atoms with Crippen LogP contribution in [0.1, 0.15) is 70.4 Å². The minimum Gasteiger partial charge on any atom is -0.315 e. The van der Waals surface area contributed by atoms with Crippen molar-refractivity contribution in [3.05, 3.63) is 11.6 Å². The molecule has 124 valence electrons. The monoisotopic (exact) mass is 304 g/mol. The summed E-state index contributed by atoms with van der Waals surface area (Å²) >= 11 is 0. The summed E-state index contributed by atoms with van der Waals surface area (Å²) in [5.74, 6) is 4.21. The first-order valence-corrected chi connectivity index (χ1v) is 9.38. The van der Waals surface area contributed by atoms with E-state index >= 15 is 0 Å². The molecule has 0 spiro atoms. The van der Waals surface area contributed by atoms with Crippen LogP contribution in [0.4, 0.5) is 0 Å². The van der Waals surface area contributed by atoms with Gasteiger partial charge in [-0.25, -0.2) is 0 Å². The molecule has 22 heavy (non-hydrogen) atoms. The molecule has 2 aliphatic rings. The van der Waals surface area contributed by atoms with Crippen molar-refractivity contribution in [1.29, 1.82) is 0 Å². The van der Waals surface area contributed by atoms with E-state index < -0.39 is 0 Å². The van der Waals surface area contributed by atoms with Crippen molar-refractivity contribution < 1.29 is 0 Å². The topological polar surface area (TPSA) is 42.7 Å². The van der Waals surface area contributed by atoms with Gasteiger partial charge in [0.25, 0.3) is 0 Å². The van der Waals surface area contributed by atoms with E-state index in [-0.39, 0.29) is 0 Å². The molecule has 0 saturated heterocycles. The Morgan fingerprint density at radius 2 is 2.00 bits per heavy atom. The lowest BCUT2D eigenvalue weighted by Gasteiger charge is -2.32. The molecule has 3 rings (SSSR count). The van der Waals surface area contributed by atoms with E-state index in [0.717, 1.165) is 43.8 Å². The molecule has 0 amide bonds. The molecule has 4 nitrogen and oxygen atoms in total. The summed E-state index contributed by atoms with van der Waals surface area (Å²) in [6, 6.07) is 0.738. The fourth-order valence-corrected chi connectivity index (χ4v) is 4.02. The number of nitrogens with one attached hydrogen (secondary N) is 1. The normalized spacial score (nSPS) is 29.1. The van der Waals surface area contributed by atoms with Crippen LogP contribution in [0.5, 0.6) is 0 Å². The maximum absolute atomic E-state index is 4.43. The Labute approximate surface area is 135 Å². The van der Waals surface area contributed by atoms with Gasteiger partial charge in [0.05, 0.1) is 0 Å². The third kappa shape index (κ3) is 3.89. The highest BCUT2D eigenvalue weighted by Crippen LogP contribution is 2.29. The van der Waals surface area contributed by atoms with Gasteiger partial charge in [0.1, 0.15) is 11.6 Å². The van der Waals surface area contributed by atoms with Crippen LogP contribution < -0.4 is 5.32 Å². The number of hydrogen-bond acceptors (Lipinski definition) is 3. The van der Waals surface area contributed by atoms with Gasteiger partial charge in [-0.05, 0) is 56.9 Å². The molecule has 1 saturated carbocycles. The minimum absolute atomic E-state index is 0.738. The van der Waals surface area contributed by atoms with Gasteiger partial charge in [0, 0.05) is 25.4 Å². The number of hydrogen-bond donors (Lipinski definition) is 1. The average Bonchev–Trinajstić information content (AvgIpc) is 2.74. The lowest BCUT2D eigenvalue weighted by molar-refractivity contribution is 0.226. The van der Waals surface area contributed by atoms with E-state index in [0.29, 0.717) is 0 Å². The van der Waals surface area contributed by atoms with Crippen LogP contribution in [-0.2, 0) is 19.4 Å². The first kappa shape index (κ1) is 16.0. The van der Waals surface area contributed by atoms with Crippen LogP contribution in [0.15, 0.2) is 0 Å². The van der Waals surface area contributed by atoms with Crippen LogP contribution in [0.3, 0.4) is 0 Å². The molecule has 0 bridgehead atoms. The fraction of sp³-hybridized carbons (Fsp3) is 0.889. The van der Waals surface area contributed by atoms with E-state index in [1.165, 1.54) is 56.6 Å². The molecule has 2 heterocycles. The summed E-state index contributed by atoms with van der Waals surface area (Å²) in [5.41, 5.74) is 0. The van der Waals surface area contributed by atoms with Crippen LogP contribution in [0.25, 0.3) is 0 Å². The zero-order chi connectivity index (χ0) is 15.4. The van der Waals surface area contributed by atoms with E-state index in [1.807, 2.05) is 0 Å². The maximum atomic E-state index is 4.43. The molecule has 1 fully saturated rings. The van der Waals surface area contributed by atoms with Gasteiger partial charge in [-0.2, -0.15) is 0 Å². The van der Waals surface area contributed by atoms with Crippen molar-refractivity contribution in [2.45, 2.75) is 84.2 Å². The fourth-order valence-electron chi connectivity index (χ4n) is 4.02. The highest BCUT2D eigenvalue weighted by atomic mass is 15.3. The SMILES string of the molecule is C[C@@H]1CC[C@@H](NCCCc2nnc3n2CCCCC3)C[C@H]1C. The molecule has 0 unspecified atom stereocenters. The third-order valence-electron chi connectivity index (χ3n) is 5.79. The number of rotatable bonds is 5. The molecule has 1 N–H and O–H groups in total. The quantitative estimate of drug-likeness (QED) is 0.848. The summed E-state index contributed by atoms with van der Waals surface area (Å²) in [5, 5.41) is 12.6. The second kappa shape index (κ2) is 7.58. The summed E-state index contributed by atoms with van der Waals surface area (Å²) in [4.78, 5) is 0. The van der Waals surface area contributed by atoms with Crippen LogP contribution in [0, 0.1) is 11.8 Å². The smallest absolute Gasteiger partial charge is 0.133 e. The zero-order valence-electron chi connectivity index (χ0n) is 14.4. The Kier molecular flexibility index (Phi) is 5.51. The largest absolute Gasteiger partial charge is 0.315 e. The highest BCUT2D eigenvalue weighted by Gasteiger charge is 2.23. The van der Waals surface area contributed by atoms with Crippen molar-refractivity contribution in [1.82, 2.24) is 20.1 Å².